The number of nitrogens with one attached hydrogen (secondary N) is 1. The quantitative estimate of drug-likeness (QED) is 0.247. The summed E-state index contributed by atoms with van der Waals surface area (Å²) in [6.07, 6.45) is 0. The number of aromatic carboxylic acids is 1. The highest BCUT2D eigenvalue weighted by molar-refractivity contribution is 7.80. The van der Waals surface area contributed by atoms with E-state index in [-0.39, 0.29) is 17.0 Å². The standard InChI is InChI=1S/C27H27N3O4S/c1-29(2)17-6-9-20-23(14-17)34-24-15-18(30(3)4)7-10-21(24)25(20)19-8-5-16(13-22(19)27(32)33)26(31)28-11-12-35/h5-10,13-15H,11-12H2,1-4H3,(H2-,28,31,32,33,35). The van der Waals surface area contributed by atoms with Gasteiger partial charge in [0.2, 0.25) is 5.36 Å². The Morgan fingerprint density at radius 2 is 1.77 bits per heavy atom. The summed E-state index contributed by atoms with van der Waals surface area (Å²) in [5, 5.41) is 16.7. The van der Waals surface area contributed by atoms with Crippen LogP contribution in [0.5, 0.6) is 0 Å². The van der Waals surface area contributed by atoms with Crippen LogP contribution in [0, 0.1) is 0 Å². The maximum Gasteiger partial charge on any atom is 0.251 e. The van der Waals surface area contributed by atoms with E-state index in [0.717, 1.165) is 22.0 Å². The van der Waals surface area contributed by atoms with Gasteiger partial charge in [0.15, 0.2) is 0 Å². The molecule has 0 unspecified atom stereocenters. The van der Waals surface area contributed by atoms with Crippen molar-refractivity contribution in [3.63, 3.8) is 0 Å². The normalized spacial score (nSPS) is 11.0. The summed E-state index contributed by atoms with van der Waals surface area (Å²) >= 11 is 4.10. The Morgan fingerprint density at radius 3 is 2.43 bits per heavy atom. The molecule has 8 heteroatoms. The maximum atomic E-state index is 12.5. The molecule has 0 spiro atoms. The molecular weight excluding hydrogens is 462 g/mol. The number of thiol groups is 1. The summed E-state index contributed by atoms with van der Waals surface area (Å²) < 4.78 is 8.28. The van der Waals surface area contributed by atoms with Gasteiger partial charge >= 0.3 is 0 Å². The highest BCUT2D eigenvalue weighted by atomic mass is 32.1. The number of fused-ring (bicyclic) bond motifs is 2. The van der Waals surface area contributed by atoms with Crippen LogP contribution in [0.1, 0.15) is 20.7 Å². The van der Waals surface area contributed by atoms with Crippen molar-refractivity contribution in [1.29, 1.82) is 0 Å². The van der Waals surface area contributed by atoms with E-state index in [4.69, 9.17) is 4.42 Å². The minimum absolute atomic E-state index is 0.0642. The summed E-state index contributed by atoms with van der Waals surface area (Å²) in [7, 11) is 7.77. The van der Waals surface area contributed by atoms with Crippen LogP contribution in [0.3, 0.4) is 0 Å². The first kappa shape index (κ1) is 24.3. The fourth-order valence-corrected chi connectivity index (χ4v) is 4.17. The minimum Gasteiger partial charge on any atom is -0.545 e. The lowest BCUT2D eigenvalue weighted by Gasteiger charge is -2.20. The number of hydrogen-bond donors (Lipinski definition) is 2. The van der Waals surface area contributed by atoms with Crippen LogP contribution in [-0.4, -0.2) is 52.4 Å². The average Bonchev–Trinajstić information content (AvgIpc) is 2.84. The van der Waals surface area contributed by atoms with Crippen LogP contribution >= 0.6 is 12.6 Å². The second kappa shape index (κ2) is 9.84. The molecule has 0 saturated heterocycles. The van der Waals surface area contributed by atoms with Crippen molar-refractivity contribution in [2.24, 2.45) is 0 Å². The van der Waals surface area contributed by atoms with Crippen LogP contribution in [-0.2, 0) is 0 Å². The lowest BCUT2D eigenvalue weighted by Crippen LogP contribution is -2.27. The van der Waals surface area contributed by atoms with Gasteiger partial charge in [0.1, 0.15) is 25.4 Å². The van der Waals surface area contributed by atoms with Gasteiger partial charge in [0.25, 0.3) is 5.91 Å². The molecule has 0 saturated carbocycles. The number of anilines is 1. The predicted octanol–water partition coefficient (Wildman–Crippen LogP) is 2.33. The largest absolute Gasteiger partial charge is 0.545 e. The summed E-state index contributed by atoms with van der Waals surface area (Å²) in [5.74, 6) is -0.626. The van der Waals surface area contributed by atoms with Gasteiger partial charge in [-0.05, 0) is 35.9 Å². The molecule has 0 bridgehead atoms. The van der Waals surface area contributed by atoms with E-state index in [9.17, 15) is 14.7 Å². The first-order chi connectivity index (χ1) is 16.7. The van der Waals surface area contributed by atoms with Crippen molar-refractivity contribution in [3.05, 3.63) is 71.1 Å². The second-order valence-electron chi connectivity index (χ2n) is 8.65. The summed E-state index contributed by atoms with van der Waals surface area (Å²) in [4.78, 5) is 26.7. The number of carboxylic acids is 1. The van der Waals surface area contributed by atoms with Gasteiger partial charge in [-0.3, -0.25) is 4.79 Å². The second-order valence-corrected chi connectivity index (χ2v) is 9.10. The third-order valence-electron chi connectivity index (χ3n) is 5.89. The zero-order valence-corrected chi connectivity index (χ0v) is 21.0. The van der Waals surface area contributed by atoms with Crippen LogP contribution in [0.15, 0.2) is 59.0 Å². The van der Waals surface area contributed by atoms with Crippen molar-refractivity contribution in [2.75, 3.05) is 45.4 Å². The molecule has 4 rings (SSSR count). The number of nitrogens with zero attached hydrogens (tertiary/aromatic N) is 2. The summed E-state index contributed by atoms with van der Waals surface area (Å²) in [6, 6.07) is 16.3. The van der Waals surface area contributed by atoms with Crippen LogP contribution in [0.2, 0.25) is 0 Å². The monoisotopic (exact) mass is 489 g/mol. The lowest BCUT2D eigenvalue weighted by atomic mass is 9.89. The molecule has 2 aromatic rings. The molecule has 35 heavy (non-hydrogen) atoms. The van der Waals surface area contributed by atoms with Gasteiger partial charge in [0.05, 0.1) is 12.0 Å². The zero-order valence-electron chi connectivity index (χ0n) is 20.1. The van der Waals surface area contributed by atoms with E-state index in [0.29, 0.717) is 34.8 Å². The van der Waals surface area contributed by atoms with E-state index in [1.807, 2.05) is 74.1 Å². The average molecular weight is 490 g/mol. The fraction of sp³-hybridized carbons (Fsp3) is 0.222. The van der Waals surface area contributed by atoms with Gasteiger partial charge in [-0.1, -0.05) is 6.07 Å². The first-order valence-electron chi connectivity index (χ1n) is 11.1. The number of hydrogen-bond acceptors (Lipinski definition) is 6. The predicted molar refractivity (Wildman–Crippen MR) is 140 cm³/mol. The van der Waals surface area contributed by atoms with Crippen molar-refractivity contribution in [3.8, 4) is 22.5 Å². The third kappa shape index (κ3) is 4.74. The third-order valence-corrected chi connectivity index (χ3v) is 6.11. The minimum atomic E-state index is -1.36. The Balaban J connectivity index is 2.06. The smallest absolute Gasteiger partial charge is 0.251 e. The summed E-state index contributed by atoms with van der Waals surface area (Å²) in [5.41, 5.74) is 3.67. The van der Waals surface area contributed by atoms with E-state index in [1.54, 1.807) is 12.1 Å². The lowest BCUT2D eigenvalue weighted by molar-refractivity contribution is -0.254. The van der Waals surface area contributed by atoms with E-state index in [1.165, 1.54) is 6.07 Å². The topological polar surface area (TPSA) is 88.6 Å². The van der Waals surface area contributed by atoms with Gasteiger partial charge < -0.3 is 24.5 Å². The molecule has 0 fully saturated rings. The molecule has 0 radical (unpaired) electrons. The Morgan fingerprint density at radius 1 is 1.03 bits per heavy atom. The molecular formula is C27H27N3O4S. The molecule has 7 nitrogen and oxygen atoms in total. The van der Waals surface area contributed by atoms with Crippen LogP contribution in [0.25, 0.3) is 33.4 Å². The maximum absolute atomic E-state index is 12.5. The molecule has 1 aliphatic heterocycles. The molecule has 180 valence electrons. The highest BCUT2D eigenvalue weighted by Gasteiger charge is 2.21. The van der Waals surface area contributed by atoms with Crippen molar-refractivity contribution >= 4 is 41.2 Å². The zero-order chi connectivity index (χ0) is 25.3. The van der Waals surface area contributed by atoms with Gasteiger partial charge in [-0.25, -0.2) is 4.58 Å². The van der Waals surface area contributed by atoms with Gasteiger partial charge in [-0.2, -0.15) is 12.6 Å². The molecule has 0 aromatic heterocycles. The van der Waals surface area contributed by atoms with Crippen molar-refractivity contribution in [2.45, 2.75) is 0 Å². The van der Waals surface area contributed by atoms with Gasteiger partial charge in [-0.15, -0.1) is 0 Å². The van der Waals surface area contributed by atoms with Gasteiger partial charge in [0, 0.05) is 71.9 Å². The number of benzene rings is 3. The molecule has 0 atom stereocenters. The van der Waals surface area contributed by atoms with Crippen molar-refractivity contribution in [1.82, 2.24) is 9.89 Å². The van der Waals surface area contributed by atoms with Crippen LogP contribution < -0.4 is 25.3 Å². The Kier molecular flexibility index (Phi) is 6.84. The van der Waals surface area contributed by atoms with Crippen molar-refractivity contribution < 1.29 is 19.1 Å². The number of carboxylic acid groups (broad SMARTS) is 1. The Bertz CT molecular complexity index is 1490. The number of rotatable bonds is 6. The number of amides is 1. The molecule has 1 heterocycles. The molecule has 2 aliphatic rings. The first-order valence-corrected chi connectivity index (χ1v) is 11.8. The summed E-state index contributed by atoms with van der Waals surface area (Å²) in [6.45, 7) is 0.377. The van der Waals surface area contributed by atoms with E-state index < -0.39 is 5.97 Å². The Labute approximate surface area is 209 Å². The highest BCUT2D eigenvalue weighted by Crippen LogP contribution is 2.42. The Hall–Kier alpha value is -3.78. The molecule has 2 aromatic carbocycles. The van der Waals surface area contributed by atoms with E-state index >= 15 is 0 Å². The number of carbonyl (C=O) groups is 2. The molecule has 1 aliphatic carbocycles. The van der Waals surface area contributed by atoms with Crippen LogP contribution in [0.4, 0.5) is 5.69 Å². The fourth-order valence-electron chi connectivity index (χ4n) is 4.06. The molecule has 1 N–H and O–H groups in total. The van der Waals surface area contributed by atoms with E-state index in [2.05, 4.69) is 17.9 Å². The SMILES string of the molecule is CN(C)c1ccc2c(-c3ccc(C(=O)NCCS)cc3C(=O)[O-])c3ccc(=[N+](C)C)cc-3oc2c1. The number of carbonyl (C=O) groups excluding carboxylic acids is 2. The molecule has 1 amide bonds.